The Morgan fingerprint density at radius 1 is 1.29 bits per heavy atom. The van der Waals surface area contributed by atoms with Crippen LogP contribution in [0.5, 0.6) is 5.75 Å². The van der Waals surface area contributed by atoms with Crippen LogP contribution in [0.25, 0.3) is 0 Å². The molecule has 1 heterocycles. The van der Waals surface area contributed by atoms with Crippen molar-refractivity contribution in [3.05, 3.63) is 24.8 Å². The van der Waals surface area contributed by atoms with Gasteiger partial charge in [0.05, 0.1) is 3.57 Å². The second kappa shape index (κ2) is 5.72. The van der Waals surface area contributed by atoms with Gasteiger partial charge in [-0.1, -0.05) is 0 Å². The van der Waals surface area contributed by atoms with Gasteiger partial charge in [0.2, 0.25) is 0 Å². The molecule has 0 fully saturated rings. The zero-order chi connectivity index (χ0) is 9.26. The number of rotatable bonds is 0. The fraction of sp³-hybridized carbons (Fsp3) is 0.333. The number of ether oxygens (including phenoxy) is 1. The topological polar surface area (TPSA) is 21.3 Å². The lowest BCUT2D eigenvalue weighted by atomic mass is 10.2. The highest BCUT2D eigenvalue weighted by Gasteiger charge is 2.12. The van der Waals surface area contributed by atoms with Gasteiger partial charge in [-0.3, -0.25) is 0 Å². The van der Waals surface area contributed by atoms with E-state index < -0.39 is 0 Å². The molecule has 1 aromatic rings. The minimum absolute atomic E-state index is 0. The molecule has 5 heteroatoms. The summed E-state index contributed by atoms with van der Waals surface area (Å²) in [5.41, 5.74) is 1.27. The number of fused-ring (bicyclic) bond motifs is 1. The van der Waals surface area contributed by atoms with E-state index in [4.69, 9.17) is 4.74 Å². The third-order valence-corrected chi connectivity index (χ3v) is 3.35. The van der Waals surface area contributed by atoms with Gasteiger partial charge in [-0.05, 0) is 57.3 Å². The van der Waals surface area contributed by atoms with Crippen LogP contribution in [0, 0.1) is 7.14 Å². The van der Waals surface area contributed by atoms with Gasteiger partial charge in [0.25, 0.3) is 0 Å². The normalized spacial score (nSPS) is 14.7. The van der Waals surface area contributed by atoms with E-state index >= 15 is 0 Å². The van der Waals surface area contributed by atoms with Crippen molar-refractivity contribution in [2.75, 3.05) is 13.2 Å². The number of hydrogen-bond donors (Lipinski definition) is 1. The molecule has 14 heavy (non-hydrogen) atoms. The van der Waals surface area contributed by atoms with Gasteiger partial charge in [-0.2, -0.15) is 0 Å². The Morgan fingerprint density at radius 3 is 2.86 bits per heavy atom. The first-order valence-electron chi connectivity index (χ1n) is 4.09. The van der Waals surface area contributed by atoms with Crippen LogP contribution in [0.3, 0.4) is 0 Å². The molecule has 0 amide bonds. The first kappa shape index (κ1) is 12.8. The summed E-state index contributed by atoms with van der Waals surface area (Å²) in [5, 5.41) is 3.33. The Bertz CT molecular complexity index is 333. The molecule has 1 aliphatic rings. The lowest BCUT2D eigenvalue weighted by Crippen LogP contribution is -2.16. The van der Waals surface area contributed by atoms with Crippen molar-refractivity contribution in [3.8, 4) is 5.75 Å². The standard InChI is InChI=1S/C9H9I2NO.ClH/c10-7-3-6-5-12-1-2-13-9(6)8(11)4-7;/h3-4,12H,1-2,5H2;1H. The molecular formula is C9H10ClI2NO. The van der Waals surface area contributed by atoms with E-state index in [-0.39, 0.29) is 12.4 Å². The Morgan fingerprint density at radius 2 is 2.07 bits per heavy atom. The lowest BCUT2D eigenvalue weighted by Gasteiger charge is -2.09. The molecular weight excluding hydrogens is 427 g/mol. The molecule has 78 valence electrons. The molecule has 0 unspecified atom stereocenters. The maximum absolute atomic E-state index is 5.66. The summed E-state index contributed by atoms with van der Waals surface area (Å²) in [6.45, 7) is 2.62. The largest absolute Gasteiger partial charge is 0.491 e. The minimum atomic E-state index is 0. The van der Waals surface area contributed by atoms with Crippen LogP contribution in [0.2, 0.25) is 0 Å². The summed E-state index contributed by atoms with van der Waals surface area (Å²) < 4.78 is 8.14. The van der Waals surface area contributed by atoms with E-state index in [9.17, 15) is 0 Å². The van der Waals surface area contributed by atoms with Crippen LogP contribution in [0.1, 0.15) is 5.56 Å². The highest BCUT2D eigenvalue weighted by Crippen LogP contribution is 2.29. The van der Waals surface area contributed by atoms with Gasteiger partial charge < -0.3 is 10.1 Å². The van der Waals surface area contributed by atoms with Gasteiger partial charge in [0.15, 0.2) is 0 Å². The molecule has 0 saturated heterocycles. The van der Waals surface area contributed by atoms with Crippen LogP contribution < -0.4 is 10.1 Å². The zero-order valence-corrected chi connectivity index (χ0v) is 12.5. The fourth-order valence-electron chi connectivity index (χ4n) is 1.35. The number of halogens is 3. The third-order valence-electron chi connectivity index (χ3n) is 1.93. The van der Waals surface area contributed by atoms with E-state index in [1.165, 1.54) is 12.7 Å². The average molecular weight is 437 g/mol. The van der Waals surface area contributed by atoms with Crippen molar-refractivity contribution in [2.24, 2.45) is 0 Å². The molecule has 0 atom stereocenters. The molecule has 0 aliphatic carbocycles. The van der Waals surface area contributed by atoms with Gasteiger partial charge in [-0.25, -0.2) is 0 Å². The monoisotopic (exact) mass is 437 g/mol. The first-order chi connectivity index (χ1) is 6.27. The maximum Gasteiger partial charge on any atom is 0.137 e. The maximum atomic E-state index is 5.66. The molecule has 1 aliphatic heterocycles. The third kappa shape index (κ3) is 2.86. The van der Waals surface area contributed by atoms with Crippen LogP contribution >= 0.6 is 57.6 Å². The molecule has 0 radical (unpaired) electrons. The summed E-state index contributed by atoms with van der Waals surface area (Å²) in [4.78, 5) is 0. The average Bonchev–Trinajstić information content (AvgIpc) is 2.28. The predicted molar refractivity (Wildman–Crippen MR) is 76.3 cm³/mol. The minimum Gasteiger partial charge on any atom is -0.491 e. The van der Waals surface area contributed by atoms with E-state index in [0.29, 0.717) is 0 Å². The van der Waals surface area contributed by atoms with Crippen LogP contribution in [-0.2, 0) is 6.54 Å². The second-order valence-corrected chi connectivity index (χ2v) is 5.31. The van der Waals surface area contributed by atoms with Crippen LogP contribution in [0.15, 0.2) is 12.1 Å². The van der Waals surface area contributed by atoms with Crippen molar-refractivity contribution >= 4 is 57.6 Å². The highest BCUT2D eigenvalue weighted by molar-refractivity contribution is 14.1. The number of hydrogen-bond acceptors (Lipinski definition) is 2. The Kier molecular flexibility index (Phi) is 5.22. The van der Waals surface area contributed by atoms with Crippen molar-refractivity contribution < 1.29 is 4.74 Å². The molecule has 1 aromatic carbocycles. The molecule has 0 aromatic heterocycles. The molecule has 0 bridgehead atoms. The van der Waals surface area contributed by atoms with Crippen molar-refractivity contribution in [1.82, 2.24) is 5.32 Å². The summed E-state index contributed by atoms with van der Waals surface area (Å²) in [6.07, 6.45) is 0. The van der Waals surface area contributed by atoms with E-state index in [0.717, 1.165) is 25.4 Å². The summed E-state index contributed by atoms with van der Waals surface area (Å²) in [7, 11) is 0. The fourth-order valence-corrected chi connectivity index (χ4v) is 3.48. The quantitative estimate of drug-likeness (QED) is 0.631. The molecule has 0 spiro atoms. The van der Waals surface area contributed by atoms with Gasteiger partial charge in [0.1, 0.15) is 12.4 Å². The Labute approximate surface area is 117 Å². The van der Waals surface area contributed by atoms with Crippen molar-refractivity contribution in [3.63, 3.8) is 0 Å². The van der Waals surface area contributed by atoms with E-state index in [1.807, 2.05) is 0 Å². The number of nitrogens with one attached hydrogen (secondary N) is 1. The van der Waals surface area contributed by atoms with Crippen LogP contribution in [0.4, 0.5) is 0 Å². The molecule has 1 N–H and O–H groups in total. The van der Waals surface area contributed by atoms with E-state index in [1.54, 1.807) is 0 Å². The lowest BCUT2D eigenvalue weighted by molar-refractivity contribution is 0.323. The molecule has 2 nitrogen and oxygen atoms in total. The highest BCUT2D eigenvalue weighted by atomic mass is 127. The predicted octanol–water partition coefficient (Wildman–Crippen LogP) is 2.80. The summed E-state index contributed by atoms with van der Waals surface area (Å²) in [5.74, 6) is 1.06. The van der Waals surface area contributed by atoms with Crippen molar-refractivity contribution in [2.45, 2.75) is 6.54 Å². The van der Waals surface area contributed by atoms with Gasteiger partial charge in [-0.15, -0.1) is 12.4 Å². The SMILES string of the molecule is Cl.Ic1cc(I)c2c(c1)CNCCO2. The molecule has 0 saturated carbocycles. The zero-order valence-electron chi connectivity index (χ0n) is 7.35. The van der Waals surface area contributed by atoms with Crippen LogP contribution in [-0.4, -0.2) is 13.2 Å². The van der Waals surface area contributed by atoms with Crippen molar-refractivity contribution in [1.29, 1.82) is 0 Å². The summed E-state index contributed by atoms with van der Waals surface area (Å²) >= 11 is 4.66. The number of benzene rings is 1. The molecule has 2 rings (SSSR count). The summed E-state index contributed by atoms with van der Waals surface area (Å²) in [6, 6.07) is 4.32. The first-order valence-corrected chi connectivity index (χ1v) is 6.24. The van der Waals surface area contributed by atoms with Gasteiger partial charge >= 0.3 is 0 Å². The van der Waals surface area contributed by atoms with Gasteiger partial charge in [0, 0.05) is 22.2 Å². The Hall–Kier alpha value is 0.730. The smallest absolute Gasteiger partial charge is 0.137 e. The second-order valence-electron chi connectivity index (χ2n) is 2.90. The Balaban J connectivity index is 0.000000980. The van der Waals surface area contributed by atoms with E-state index in [2.05, 4.69) is 62.6 Å².